The zero-order chi connectivity index (χ0) is 8.60. The molecule has 1 spiro atoms. The van der Waals surface area contributed by atoms with E-state index in [4.69, 9.17) is 0 Å². The molecule has 1 aliphatic carbocycles. The highest BCUT2D eigenvalue weighted by atomic mass is 16.2. The predicted molar refractivity (Wildman–Crippen MR) is 47.8 cm³/mol. The molecule has 0 aromatic rings. The van der Waals surface area contributed by atoms with E-state index >= 15 is 0 Å². The molecule has 12 heavy (non-hydrogen) atoms. The van der Waals surface area contributed by atoms with Crippen molar-refractivity contribution in [3.63, 3.8) is 0 Å². The van der Waals surface area contributed by atoms with Gasteiger partial charge in [-0.25, -0.2) is 0 Å². The molecule has 1 amide bonds. The first kappa shape index (κ1) is 8.09. The van der Waals surface area contributed by atoms with Gasteiger partial charge in [0.1, 0.15) is 0 Å². The van der Waals surface area contributed by atoms with Crippen LogP contribution in [0, 0.1) is 5.41 Å². The number of likely N-dealkylation sites (tertiary alicyclic amines) is 1. The Morgan fingerprint density at radius 1 is 1.25 bits per heavy atom. The Kier molecular flexibility index (Phi) is 1.85. The van der Waals surface area contributed by atoms with E-state index in [1.807, 2.05) is 4.90 Å². The molecule has 1 heterocycles. The second-order valence-corrected chi connectivity index (χ2v) is 4.40. The van der Waals surface area contributed by atoms with Crippen LogP contribution in [0.2, 0.25) is 0 Å². The van der Waals surface area contributed by atoms with E-state index in [-0.39, 0.29) is 5.91 Å². The van der Waals surface area contributed by atoms with Gasteiger partial charge in [0, 0.05) is 20.0 Å². The van der Waals surface area contributed by atoms with Gasteiger partial charge in [-0.15, -0.1) is 0 Å². The maximum absolute atomic E-state index is 11.2. The van der Waals surface area contributed by atoms with Gasteiger partial charge in [0.15, 0.2) is 0 Å². The number of rotatable bonds is 0. The summed E-state index contributed by atoms with van der Waals surface area (Å²) >= 11 is 0. The standard InChI is InChI=1S/C10H17NO/c1-9(12)11-7-3-6-10(8-11)4-2-5-10/h2-8H2,1H3. The summed E-state index contributed by atoms with van der Waals surface area (Å²) in [5.41, 5.74) is 0.559. The van der Waals surface area contributed by atoms with E-state index < -0.39 is 0 Å². The molecule has 0 unspecified atom stereocenters. The molecular formula is C10H17NO. The lowest BCUT2D eigenvalue weighted by Crippen LogP contribution is -2.48. The van der Waals surface area contributed by atoms with Crippen LogP contribution in [-0.2, 0) is 4.79 Å². The molecule has 2 heteroatoms. The van der Waals surface area contributed by atoms with Crippen molar-refractivity contribution in [1.29, 1.82) is 0 Å². The highest BCUT2D eigenvalue weighted by molar-refractivity contribution is 5.73. The van der Waals surface area contributed by atoms with Crippen molar-refractivity contribution in [2.45, 2.75) is 39.0 Å². The Labute approximate surface area is 73.9 Å². The predicted octanol–water partition coefficient (Wildman–Crippen LogP) is 1.80. The van der Waals surface area contributed by atoms with E-state index in [2.05, 4.69) is 0 Å². The molecule has 0 radical (unpaired) electrons. The normalized spacial score (nSPS) is 26.9. The fourth-order valence-electron chi connectivity index (χ4n) is 2.56. The van der Waals surface area contributed by atoms with Gasteiger partial charge in [-0.2, -0.15) is 0 Å². The van der Waals surface area contributed by atoms with Gasteiger partial charge in [0.25, 0.3) is 0 Å². The molecule has 2 nitrogen and oxygen atoms in total. The van der Waals surface area contributed by atoms with Crippen molar-refractivity contribution in [2.75, 3.05) is 13.1 Å². The molecule has 0 bridgehead atoms. The van der Waals surface area contributed by atoms with Crippen molar-refractivity contribution >= 4 is 5.91 Å². The summed E-state index contributed by atoms with van der Waals surface area (Å²) in [5.74, 6) is 0.265. The number of hydrogen-bond donors (Lipinski definition) is 0. The van der Waals surface area contributed by atoms with E-state index in [9.17, 15) is 4.79 Å². The quantitative estimate of drug-likeness (QED) is 0.538. The molecule has 0 atom stereocenters. The lowest BCUT2D eigenvalue weighted by Gasteiger charge is -2.48. The first-order chi connectivity index (χ1) is 5.72. The second-order valence-electron chi connectivity index (χ2n) is 4.40. The Morgan fingerprint density at radius 3 is 2.42 bits per heavy atom. The van der Waals surface area contributed by atoms with Crippen LogP contribution in [0.5, 0.6) is 0 Å². The Balaban J connectivity index is 1.98. The third-order valence-corrected chi connectivity index (χ3v) is 3.52. The molecule has 1 saturated carbocycles. The summed E-state index contributed by atoms with van der Waals surface area (Å²) in [5, 5.41) is 0. The number of nitrogens with zero attached hydrogens (tertiary/aromatic N) is 1. The minimum atomic E-state index is 0.265. The highest BCUT2D eigenvalue weighted by Gasteiger charge is 2.40. The fraction of sp³-hybridized carbons (Fsp3) is 0.900. The summed E-state index contributed by atoms with van der Waals surface area (Å²) < 4.78 is 0. The van der Waals surface area contributed by atoms with Gasteiger partial charge in [0.2, 0.25) is 5.91 Å². The van der Waals surface area contributed by atoms with Crippen LogP contribution in [0.4, 0.5) is 0 Å². The Morgan fingerprint density at radius 2 is 1.92 bits per heavy atom. The van der Waals surface area contributed by atoms with Crippen LogP contribution < -0.4 is 0 Å². The van der Waals surface area contributed by atoms with Crippen molar-refractivity contribution in [2.24, 2.45) is 5.41 Å². The molecule has 0 N–H and O–H groups in total. The molecular weight excluding hydrogens is 150 g/mol. The Bertz CT molecular complexity index is 196. The van der Waals surface area contributed by atoms with E-state index in [1.54, 1.807) is 6.92 Å². The summed E-state index contributed by atoms with van der Waals surface area (Å²) in [7, 11) is 0. The van der Waals surface area contributed by atoms with Crippen LogP contribution >= 0.6 is 0 Å². The van der Waals surface area contributed by atoms with Crippen molar-refractivity contribution in [1.82, 2.24) is 4.90 Å². The SMILES string of the molecule is CC(=O)N1CCCC2(CCC2)C1. The lowest BCUT2D eigenvalue weighted by molar-refractivity contribution is -0.134. The fourth-order valence-corrected chi connectivity index (χ4v) is 2.56. The summed E-state index contributed by atoms with van der Waals surface area (Å²) in [6.45, 7) is 3.73. The molecule has 68 valence electrons. The van der Waals surface area contributed by atoms with Crippen LogP contribution in [0.1, 0.15) is 39.0 Å². The first-order valence-electron chi connectivity index (χ1n) is 4.97. The molecule has 1 aliphatic heterocycles. The molecule has 2 aliphatic rings. The van der Waals surface area contributed by atoms with Gasteiger partial charge < -0.3 is 4.90 Å². The molecule has 2 rings (SSSR count). The monoisotopic (exact) mass is 167 g/mol. The number of amides is 1. The topological polar surface area (TPSA) is 20.3 Å². The van der Waals surface area contributed by atoms with Crippen molar-refractivity contribution < 1.29 is 4.79 Å². The van der Waals surface area contributed by atoms with Gasteiger partial charge in [-0.05, 0) is 31.1 Å². The molecule has 1 saturated heterocycles. The zero-order valence-corrected chi connectivity index (χ0v) is 7.81. The van der Waals surface area contributed by atoms with Crippen molar-refractivity contribution in [3.05, 3.63) is 0 Å². The van der Waals surface area contributed by atoms with Crippen LogP contribution in [0.15, 0.2) is 0 Å². The maximum Gasteiger partial charge on any atom is 0.219 e. The van der Waals surface area contributed by atoms with Gasteiger partial charge >= 0.3 is 0 Å². The highest BCUT2D eigenvalue weighted by Crippen LogP contribution is 2.47. The number of carbonyl (C=O) groups is 1. The average molecular weight is 167 g/mol. The maximum atomic E-state index is 11.2. The zero-order valence-electron chi connectivity index (χ0n) is 7.81. The Hall–Kier alpha value is -0.530. The van der Waals surface area contributed by atoms with E-state index in [0.717, 1.165) is 13.1 Å². The lowest BCUT2D eigenvalue weighted by atomic mass is 9.64. The van der Waals surface area contributed by atoms with Gasteiger partial charge in [-0.1, -0.05) is 6.42 Å². The second kappa shape index (κ2) is 2.75. The third kappa shape index (κ3) is 1.23. The largest absolute Gasteiger partial charge is 0.342 e. The summed E-state index contributed by atoms with van der Waals surface area (Å²) in [4.78, 5) is 13.2. The minimum Gasteiger partial charge on any atom is -0.342 e. The van der Waals surface area contributed by atoms with Crippen LogP contribution in [-0.4, -0.2) is 23.9 Å². The van der Waals surface area contributed by atoms with Crippen molar-refractivity contribution in [3.8, 4) is 0 Å². The van der Waals surface area contributed by atoms with Gasteiger partial charge in [-0.3, -0.25) is 4.79 Å². The van der Waals surface area contributed by atoms with Crippen LogP contribution in [0.25, 0.3) is 0 Å². The summed E-state index contributed by atoms with van der Waals surface area (Å²) in [6, 6.07) is 0. The third-order valence-electron chi connectivity index (χ3n) is 3.52. The number of hydrogen-bond acceptors (Lipinski definition) is 1. The van der Waals surface area contributed by atoms with Gasteiger partial charge in [0.05, 0.1) is 0 Å². The van der Waals surface area contributed by atoms with E-state index in [0.29, 0.717) is 5.41 Å². The molecule has 0 aromatic carbocycles. The van der Waals surface area contributed by atoms with Crippen LogP contribution in [0.3, 0.4) is 0 Å². The molecule has 2 fully saturated rings. The number of piperidine rings is 1. The van der Waals surface area contributed by atoms with E-state index in [1.165, 1.54) is 32.1 Å². The first-order valence-corrected chi connectivity index (χ1v) is 4.97. The summed E-state index contributed by atoms with van der Waals surface area (Å²) in [6.07, 6.45) is 6.68. The molecule has 0 aromatic heterocycles. The number of carbonyl (C=O) groups excluding carboxylic acids is 1. The smallest absolute Gasteiger partial charge is 0.219 e. The average Bonchev–Trinajstić information content (AvgIpc) is 2.02. The minimum absolute atomic E-state index is 0.265.